The maximum atomic E-state index is 11.9. The highest BCUT2D eigenvalue weighted by Crippen LogP contribution is 2.13. The van der Waals surface area contributed by atoms with Gasteiger partial charge in [-0.3, -0.25) is 4.72 Å². The molecule has 0 saturated heterocycles. The number of hydrogen-bond acceptors (Lipinski definition) is 3. The highest BCUT2D eigenvalue weighted by atomic mass is 32.2. The van der Waals surface area contributed by atoms with Crippen molar-refractivity contribution in [3.8, 4) is 0 Å². The Labute approximate surface area is 122 Å². The second-order valence-electron chi connectivity index (χ2n) is 5.83. The zero-order valence-electron chi connectivity index (χ0n) is 12.7. The van der Waals surface area contributed by atoms with Crippen LogP contribution in [0, 0.1) is 0 Å². The lowest BCUT2D eigenvalue weighted by Crippen LogP contribution is -2.43. The first-order valence-electron chi connectivity index (χ1n) is 6.83. The Morgan fingerprint density at radius 2 is 1.90 bits per heavy atom. The molecule has 0 aliphatic carbocycles. The van der Waals surface area contributed by atoms with Gasteiger partial charge in [0.1, 0.15) is 0 Å². The second kappa shape index (κ2) is 7.06. The minimum atomic E-state index is -3.55. The topological polar surface area (TPSA) is 70.2 Å². The number of hydrogen-bond donors (Lipinski definition) is 3. The Morgan fingerprint density at radius 3 is 2.50 bits per heavy atom. The molecule has 6 heteroatoms. The molecule has 0 spiro atoms. The van der Waals surface area contributed by atoms with Gasteiger partial charge in [-0.2, -0.15) is 13.1 Å². The van der Waals surface area contributed by atoms with Crippen molar-refractivity contribution < 1.29 is 8.42 Å². The third-order valence-corrected chi connectivity index (χ3v) is 3.76. The molecule has 0 bridgehead atoms. The summed E-state index contributed by atoms with van der Waals surface area (Å²) in [6.07, 6.45) is 1.07. The van der Waals surface area contributed by atoms with Crippen LogP contribution in [0.15, 0.2) is 24.3 Å². The van der Waals surface area contributed by atoms with Gasteiger partial charge in [0, 0.05) is 12.1 Å². The van der Waals surface area contributed by atoms with E-state index >= 15 is 0 Å². The molecule has 0 radical (unpaired) electrons. The summed E-state index contributed by atoms with van der Waals surface area (Å²) in [5.74, 6) is 0. The summed E-state index contributed by atoms with van der Waals surface area (Å²) >= 11 is 0. The fraction of sp³-hybridized carbons (Fsp3) is 0.571. The fourth-order valence-electron chi connectivity index (χ4n) is 1.74. The van der Waals surface area contributed by atoms with Crippen molar-refractivity contribution in [2.75, 3.05) is 11.3 Å². The van der Waals surface area contributed by atoms with Gasteiger partial charge in [-0.15, -0.1) is 0 Å². The molecule has 1 aromatic rings. The summed E-state index contributed by atoms with van der Waals surface area (Å²) in [6, 6.07) is 7.39. The van der Waals surface area contributed by atoms with E-state index in [1.807, 2.05) is 18.2 Å². The maximum absolute atomic E-state index is 11.9. The Bertz CT molecular complexity index is 521. The Hall–Kier alpha value is -1.11. The lowest BCUT2D eigenvalue weighted by atomic mass is 10.1. The summed E-state index contributed by atoms with van der Waals surface area (Å²) in [5.41, 5.74) is 1.11. The summed E-state index contributed by atoms with van der Waals surface area (Å²) in [7, 11) is -3.55. The number of benzene rings is 1. The van der Waals surface area contributed by atoms with Gasteiger partial charge in [0.25, 0.3) is 10.2 Å². The van der Waals surface area contributed by atoms with Crippen LogP contribution in [0.25, 0.3) is 0 Å². The van der Waals surface area contributed by atoms with Gasteiger partial charge in [-0.05, 0) is 51.4 Å². The van der Waals surface area contributed by atoms with E-state index in [0.717, 1.165) is 25.1 Å². The van der Waals surface area contributed by atoms with Crippen molar-refractivity contribution in [1.29, 1.82) is 0 Å². The molecule has 0 aromatic heterocycles. The normalized spacial score (nSPS) is 12.4. The molecule has 0 atom stereocenters. The van der Waals surface area contributed by atoms with Gasteiger partial charge in [0.2, 0.25) is 0 Å². The predicted molar refractivity (Wildman–Crippen MR) is 83.9 cm³/mol. The van der Waals surface area contributed by atoms with Crippen LogP contribution in [0.2, 0.25) is 0 Å². The highest BCUT2D eigenvalue weighted by molar-refractivity contribution is 7.90. The highest BCUT2D eigenvalue weighted by Gasteiger charge is 2.19. The molecule has 0 amide bonds. The van der Waals surface area contributed by atoms with Crippen LogP contribution >= 0.6 is 0 Å². The molecule has 0 unspecified atom stereocenters. The van der Waals surface area contributed by atoms with Crippen LogP contribution in [0.1, 0.15) is 39.7 Å². The molecule has 20 heavy (non-hydrogen) atoms. The van der Waals surface area contributed by atoms with E-state index in [2.05, 4.69) is 21.7 Å². The van der Waals surface area contributed by atoms with Crippen molar-refractivity contribution in [1.82, 2.24) is 10.0 Å². The smallest absolute Gasteiger partial charge is 0.299 e. The molecular weight excluding hydrogens is 274 g/mol. The largest absolute Gasteiger partial charge is 0.313 e. The standard InChI is InChI=1S/C14H25N3O2S/c1-5-9-15-11-12-7-6-8-13(10-12)16-20(18,19)17-14(2,3)4/h6-8,10,15-17H,5,9,11H2,1-4H3. The Kier molecular flexibility index (Phi) is 5.98. The molecule has 5 nitrogen and oxygen atoms in total. The van der Waals surface area contributed by atoms with Crippen molar-refractivity contribution in [3.63, 3.8) is 0 Å². The molecule has 0 aliphatic rings. The van der Waals surface area contributed by atoms with Crippen molar-refractivity contribution >= 4 is 15.9 Å². The zero-order chi connectivity index (χ0) is 15.2. The second-order valence-corrected chi connectivity index (χ2v) is 7.25. The quantitative estimate of drug-likeness (QED) is 0.676. The van der Waals surface area contributed by atoms with Gasteiger partial charge in [0.05, 0.1) is 5.69 Å². The first-order chi connectivity index (χ1) is 9.22. The Morgan fingerprint density at radius 1 is 1.20 bits per heavy atom. The molecule has 0 saturated carbocycles. The lowest BCUT2D eigenvalue weighted by molar-refractivity contribution is 0.494. The van der Waals surface area contributed by atoms with Gasteiger partial charge in [0.15, 0.2) is 0 Å². The van der Waals surface area contributed by atoms with E-state index in [-0.39, 0.29) is 0 Å². The monoisotopic (exact) mass is 299 g/mol. The summed E-state index contributed by atoms with van der Waals surface area (Å²) in [4.78, 5) is 0. The van der Waals surface area contributed by atoms with E-state index < -0.39 is 15.7 Å². The first kappa shape index (κ1) is 16.9. The fourth-order valence-corrected chi connectivity index (χ4v) is 3.03. The third-order valence-electron chi connectivity index (χ3n) is 2.38. The predicted octanol–water partition coefficient (Wildman–Crippen LogP) is 2.23. The van der Waals surface area contributed by atoms with Gasteiger partial charge in [-0.25, -0.2) is 0 Å². The Balaban J connectivity index is 2.70. The van der Waals surface area contributed by atoms with E-state index in [0.29, 0.717) is 5.69 Å². The molecule has 0 aliphatic heterocycles. The summed E-state index contributed by atoms with van der Waals surface area (Å²) in [5, 5.41) is 3.29. The molecule has 3 N–H and O–H groups in total. The van der Waals surface area contributed by atoms with Crippen LogP contribution in [-0.2, 0) is 16.8 Å². The van der Waals surface area contributed by atoms with Gasteiger partial charge < -0.3 is 5.32 Å². The molecular formula is C14H25N3O2S. The van der Waals surface area contributed by atoms with Crippen LogP contribution in [-0.4, -0.2) is 20.5 Å². The molecule has 0 fully saturated rings. The molecule has 0 heterocycles. The van der Waals surface area contributed by atoms with E-state index in [1.165, 1.54) is 0 Å². The van der Waals surface area contributed by atoms with Crippen molar-refractivity contribution in [2.45, 2.75) is 46.2 Å². The van der Waals surface area contributed by atoms with Crippen LogP contribution in [0.4, 0.5) is 5.69 Å². The zero-order valence-corrected chi connectivity index (χ0v) is 13.5. The van der Waals surface area contributed by atoms with E-state index in [1.54, 1.807) is 26.8 Å². The van der Waals surface area contributed by atoms with Gasteiger partial charge >= 0.3 is 0 Å². The molecule has 114 valence electrons. The summed E-state index contributed by atoms with van der Waals surface area (Å²) in [6.45, 7) is 9.19. The lowest BCUT2D eigenvalue weighted by Gasteiger charge is -2.21. The maximum Gasteiger partial charge on any atom is 0.299 e. The average molecular weight is 299 g/mol. The molecule has 1 rings (SSSR count). The number of anilines is 1. The average Bonchev–Trinajstić information content (AvgIpc) is 2.25. The minimum absolute atomic E-state index is 0.508. The number of rotatable bonds is 7. The minimum Gasteiger partial charge on any atom is -0.313 e. The van der Waals surface area contributed by atoms with E-state index in [4.69, 9.17) is 0 Å². The van der Waals surface area contributed by atoms with Crippen molar-refractivity contribution in [2.24, 2.45) is 0 Å². The van der Waals surface area contributed by atoms with Crippen LogP contribution < -0.4 is 14.8 Å². The van der Waals surface area contributed by atoms with Crippen LogP contribution in [0.3, 0.4) is 0 Å². The first-order valence-corrected chi connectivity index (χ1v) is 8.31. The van der Waals surface area contributed by atoms with Gasteiger partial charge in [-0.1, -0.05) is 19.1 Å². The van der Waals surface area contributed by atoms with Crippen molar-refractivity contribution in [3.05, 3.63) is 29.8 Å². The summed E-state index contributed by atoms with van der Waals surface area (Å²) < 4.78 is 29.0. The van der Waals surface area contributed by atoms with Crippen LogP contribution in [0.5, 0.6) is 0 Å². The third kappa shape index (κ3) is 6.88. The molecule has 1 aromatic carbocycles. The number of nitrogens with one attached hydrogen (secondary N) is 3. The SMILES string of the molecule is CCCNCc1cccc(NS(=O)(=O)NC(C)(C)C)c1. The van der Waals surface area contributed by atoms with E-state index in [9.17, 15) is 8.42 Å².